The Morgan fingerprint density at radius 2 is 2.08 bits per heavy atom. The summed E-state index contributed by atoms with van der Waals surface area (Å²) in [5.74, 6) is 0.821. The van der Waals surface area contributed by atoms with Crippen LogP contribution in [0.4, 0.5) is 0 Å². The normalized spacial score (nSPS) is 15.8. The van der Waals surface area contributed by atoms with Crippen LogP contribution in [0.1, 0.15) is 43.5 Å². The zero-order chi connectivity index (χ0) is 17.6. The first kappa shape index (κ1) is 17.1. The lowest BCUT2D eigenvalue weighted by Crippen LogP contribution is -2.23. The molecule has 132 valence electrons. The van der Waals surface area contributed by atoms with Gasteiger partial charge >= 0.3 is 5.97 Å². The van der Waals surface area contributed by atoms with E-state index in [0.29, 0.717) is 17.3 Å². The van der Waals surface area contributed by atoms with Crippen molar-refractivity contribution in [3.63, 3.8) is 0 Å². The third-order valence-electron chi connectivity index (χ3n) is 4.29. The van der Waals surface area contributed by atoms with Crippen LogP contribution in [-0.2, 0) is 9.53 Å². The van der Waals surface area contributed by atoms with Gasteiger partial charge in [-0.05, 0) is 66.8 Å². The Morgan fingerprint density at radius 3 is 2.76 bits per heavy atom. The van der Waals surface area contributed by atoms with E-state index in [-0.39, 0.29) is 6.10 Å². The fourth-order valence-corrected chi connectivity index (χ4v) is 2.94. The average molecular weight is 342 g/mol. The molecule has 1 heterocycles. The molecule has 1 aromatic carbocycles. The lowest BCUT2D eigenvalue weighted by Gasteiger charge is -2.22. The van der Waals surface area contributed by atoms with Gasteiger partial charge in [0.15, 0.2) is 11.5 Å². The maximum atomic E-state index is 12.8. The van der Waals surface area contributed by atoms with Crippen molar-refractivity contribution in [3.8, 4) is 5.75 Å². The number of aryl methyl sites for hydroxylation is 1. The molecule has 25 heavy (non-hydrogen) atoms. The number of esters is 1. The van der Waals surface area contributed by atoms with E-state index in [1.165, 1.54) is 11.1 Å². The number of ether oxygens (including phenoxy) is 2. The van der Waals surface area contributed by atoms with Crippen LogP contribution in [0.3, 0.4) is 0 Å². The van der Waals surface area contributed by atoms with E-state index >= 15 is 0 Å². The fourth-order valence-electron chi connectivity index (χ4n) is 2.94. The summed E-state index contributed by atoms with van der Waals surface area (Å²) in [4.78, 5) is 12.8. The third kappa shape index (κ3) is 4.23. The molecule has 1 aliphatic carbocycles. The topological polar surface area (TPSA) is 79.1 Å². The van der Waals surface area contributed by atoms with Crippen LogP contribution in [0.15, 0.2) is 24.3 Å². The quantitative estimate of drug-likeness (QED) is 0.614. The van der Waals surface area contributed by atoms with Gasteiger partial charge < -0.3 is 9.47 Å². The molecule has 1 aromatic heterocycles. The van der Waals surface area contributed by atoms with Crippen LogP contribution in [0, 0.1) is 6.92 Å². The highest BCUT2D eigenvalue weighted by Gasteiger charge is 2.23. The van der Waals surface area contributed by atoms with Crippen LogP contribution >= 0.6 is 0 Å². The second kappa shape index (κ2) is 7.92. The predicted molar refractivity (Wildman–Crippen MR) is 92.7 cm³/mol. The molecule has 7 nitrogen and oxygen atoms in total. The van der Waals surface area contributed by atoms with Crippen molar-refractivity contribution in [2.75, 3.05) is 7.11 Å². The van der Waals surface area contributed by atoms with Crippen molar-refractivity contribution < 1.29 is 14.3 Å². The Bertz CT molecular complexity index is 763. The molecule has 0 amide bonds. The minimum absolute atomic E-state index is 0.0354. The van der Waals surface area contributed by atoms with Gasteiger partial charge in [-0.1, -0.05) is 18.6 Å². The summed E-state index contributed by atoms with van der Waals surface area (Å²) in [5.41, 5.74) is 1.10. The summed E-state index contributed by atoms with van der Waals surface area (Å²) in [7, 11) is 1.60. The van der Waals surface area contributed by atoms with Gasteiger partial charge in [0.05, 0.1) is 7.11 Å². The molecule has 0 bridgehead atoms. The minimum atomic E-state index is -0.412. The standard InChI is InChI=1S/C18H22N4O3/c1-13-19-20-21-22(13)17(12-14-7-6-10-16(11-14)24-2)18(23)25-15-8-4-3-5-9-15/h6-7,10-12,15H,3-5,8-9H2,1-2H3. The maximum absolute atomic E-state index is 12.8. The van der Waals surface area contributed by atoms with Crippen molar-refractivity contribution in [1.82, 2.24) is 20.2 Å². The second-order valence-electron chi connectivity index (χ2n) is 6.11. The van der Waals surface area contributed by atoms with E-state index < -0.39 is 5.97 Å². The Morgan fingerprint density at radius 1 is 1.28 bits per heavy atom. The molecule has 7 heteroatoms. The number of nitrogens with zero attached hydrogens (tertiary/aromatic N) is 4. The van der Waals surface area contributed by atoms with E-state index in [4.69, 9.17) is 9.47 Å². The van der Waals surface area contributed by atoms with Crippen LogP contribution in [0.25, 0.3) is 11.8 Å². The summed E-state index contributed by atoms with van der Waals surface area (Å²) >= 11 is 0. The molecule has 0 radical (unpaired) electrons. The van der Waals surface area contributed by atoms with Gasteiger partial charge in [0.1, 0.15) is 11.9 Å². The molecule has 0 saturated heterocycles. The van der Waals surface area contributed by atoms with Crippen molar-refractivity contribution in [2.24, 2.45) is 0 Å². The van der Waals surface area contributed by atoms with Crippen LogP contribution in [0.2, 0.25) is 0 Å². The van der Waals surface area contributed by atoms with Gasteiger partial charge in [-0.15, -0.1) is 5.10 Å². The summed E-state index contributed by atoms with van der Waals surface area (Å²) in [6.07, 6.45) is 6.89. The fraction of sp³-hybridized carbons (Fsp3) is 0.444. The highest BCUT2D eigenvalue weighted by atomic mass is 16.5. The van der Waals surface area contributed by atoms with Gasteiger partial charge in [-0.25, -0.2) is 4.79 Å². The van der Waals surface area contributed by atoms with Crippen LogP contribution < -0.4 is 4.74 Å². The van der Waals surface area contributed by atoms with Gasteiger partial charge in [0.2, 0.25) is 0 Å². The van der Waals surface area contributed by atoms with E-state index in [0.717, 1.165) is 31.2 Å². The van der Waals surface area contributed by atoms with Gasteiger partial charge in [-0.2, -0.15) is 4.68 Å². The number of carbonyl (C=O) groups excluding carboxylic acids is 1. The first-order chi connectivity index (χ1) is 12.2. The Labute approximate surface area is 146 Å². The molecule has 2 aromatic rings. The van der Waals surface area contributed by atoms with Crippen molar-refractivity contribution in [3.05, 3.63) is 35.7 Å². The molecule has 1 aliphatic rings. The number of hydrogen-bond acceptors (Lipinski definition) is 6. The molecule has 1 fully saturated rings. The Kier molecular flexibility index (Phi) is 5.42. The van der Waals surface area contributed by atoms with Crippen molar-refractivity contribution >= 4 is 17.7 Å². The van der Waals surface area contributed by atoms with Crippen molar-refractivity contribution in [2.45, 2.75) is 45.1 Å². The molecule has 0 atom stereocenters. The van der Waals surface area contributed by atoms with Gasteiger partial charge in [0, 0.05) is 0 Å². The molecule has 3 rings (SSSR count). The summed E-state index contributed by atoms with van der Waals surface area (Å²) in [6, 6.07) is 7.44. The first-order valence-corrected chi connectivity index (χ1v) is 8.49. The number of benzene rings is 1. The summed E-state index contributed by atoms with van der Waals surface area (Å²) in [6.45, 7) is 1.74. The summed E-state index contributed by atoms with van der Waals surface area (Å²) < 4.78 is 12.4. The minimum Gasteiger partial charge on any atom is -0.497 e. The smallest absolute Gasteiger partial charge is 0.357 e. The SMILES string of the molecule is COc1cccc(C=C(C(=O)OC2CCCCC2)n2nnnc2C)c1. The average Bonchev–Trinajstić information content (AvgIpc) is 3.06. The molecule has 1 saturated carbocycles. The first-order valence-electron chi connectivity index (χ1n) is 8.49. The van der Waals surface area contributed by atoms with E-state index in [2.05, 4.69) is 15.5 Å². The Hall–Kier alpha value is -2.70. The monoisotopic (exact) mass is 342 g/mol. The molecule has 0 aliphatic heterocycles. The number of carbonyl (C=O) groups is 1. The van der Waals surface area contributed by atoms with Gasteiger partial charge in [-0.3, -0.25) is 0 Å². The van der Waals surface area contributed by atoms with E-state index in [1.54, 1.807) is 20.1 Å². The third-order valence-corrected chi connectivity index (χ3v) is 4.29. The highest BCUT2D eigenvalue weighted by Crippen LogP contribution is 2.23. The molecule has 0 spiro atoms. The van der Waals surface area contributed by atoms with Crippen LogP contribution in [-0.4, -0.2) is 39.4 Å². The number of aromatic nitrogens is 4. The number of tetrazole rings is 1. The maximum Gasteiger partial charge on any atom is 0.357 e. The van der Waals surface area contributed by atoms with E-state index in [1.807, 2.05) is 24.3 Å². The van der Waals surface area contributed by atoms with Gasteiger partial charge in [0.25, 0.3) is 0 Å². The Balaban J connectivity index is 1.90. The number of rotatable bonds is 5. The summed E-state index contributed by atoms with van der Waals surface area (Å²) in [5, 5.41) is 11.4. The lowest BCUT2D eigenvalue weighted by molar-refractivity contribution is -0.143. The predicted octanol–water partition coefficient (Wildman–Crippen LogP) is 2.86. The number of methoxy groups -OCH3 is 1. The number of hydrogen-bond donors (Lipinski definition) is 0. The molecular formula is C18H22N4O3. The zero-order valence-corrected chi connectivity index (χ0v) is 14.5. The molecule has 0 unspecified atom stereocenters. The molecule has 0 N–H and O–H groups in total. The second-order valence-corrected chi connectivity index (χ2v) is 6.11. The largest absolute Gasteiger partial charge is 0.497 e. The zero-order valence-electron chi connectivity index (χ0n) is 14.5. The van der Waals surface area contributed by atoms with E-state index in [9.17, 15) is 4.79 Å². The molecular weight excluding hydrogens is 320 g/mol. The highest BCUT2D eigenvalue weighted by molar-refractivity contribution is 6.15. The van der Waals surface area contributed by atoms with Crippen LogP contribution in [0.5, 0.6) is 5.75 Å². The lowest BCUT2D eigenvalue weighted by atomic mass is 9.98. The van der Waals surface area contributed by atoms with Crippen molar-refractivity contribution in [1.29, 1.82) is 0 Å².